The molecule has 0 atom stereocenters. The molecule has 0 radical (unpaired) electrons. The third-order valence-corrected chi connectivity index (χ3v) is 5.78. The number of halogens is 1. The maximum atomic E-state index is 12.5. The van der Waals surface area contributed by atoms with E-state index in [9.17, 15) is 4.79 Å². The van der Waals surface area contributed by atoms with Crippen molar-refractivity contribution in [3.63, 3.8) is 0 Å². The molecule has 1 aromatic heterocycles. The van der Waals surface area contributed by atoms with Crippen LogP contribution in [0.2, 0.25) is 5.02 Å². The third-order valence-electron chi connectivity index (χ3n) is 5.53. The number of nitrogens with one attached hydrogen (secondary N) is 1. The average Bonchev–Trinajstić information content (AvgIpc) is 3.11. The summed E-state index contributed by atoms with van der Waals surface area (Å²) in [7, 11) is 0. The van der Waals surface area contributed by atoms with Crippen LogP contribution in [0, 0.1) is 5.92 Å². The SMILES string of the molecule is O=C(NCc1nc2ccccc2n1CCOc1ccc(Cl)cc1)C1CCCCC1. The van der Waals surface area contributed by atoms with Crippen molar-refractivity contribution >= 4 is 28.5 Å². The Morgan fingerprint density at radius 2 is 1.86 bits per heavy atom. The van der Waals surface area contributed by atoms with Gasteiger partial charge in [0.05, 0.1) is 24.1 Å². The molecule has 3 aromatic rings. The molecule has 152 valence electrons. The molecular weight excluding hydrogens is 386 g/mol. The first-order valence-electron chi connectivity index (χ1n) is 10.3. The quantitative estimate of drug-likeness (QED) is 0.597. The first-order valence-corrected chi connectivity index (χ1v) is 10.7. The summed E-state index contributed by atoms with van der Waals surface area (Å²) >= 11 is 5.93. The summed E-state index contributed by atoms with van der Waals surface area (Å²) in [6.45, 7) is 1.59. The molecule has 2 aromatic carbocycles. The molecule has 29 heavy (non-hydrogen) atoms. The molecule has 1 aliphatic rings. The topological polar surface area (TPSA) is 56.2 Å². The van der Waals surface area contributed by atoms with Gasteiger partial charge in [-0.15, -0.1) is 0 Å². The lowest BCUT2D eigenvalue weighted by Crippen LogP contribution is -2.32. The lowest BCUT2D eigenvalue weighted by atomic mass is 9.89. The Labute approximate surface area is 176 Å². The van der Waals surface area contributed by atoms with Gasteiger partial charge in [-0.25, -0.2) is 4.98 Å². The van der Waals surface area contributed by atoms with Gasteiger partial charge in [0, 0.05) is 10.9 Å². The molecule has 0 bridgehead atoms. The minimum Gasteiger partial charge on any atom is -0.492 e. The van der Waals surface area contributed by atoms with Gasteiger partial charge in [0.15, 0.2) is 0 Å². The fourth-order valence-electron chi connectivity index (χ4n) is 3.97. The number of hydrogen-bond donors (Lipinski definition) is 1. The number of hydrogen-bond acceptors (Lipinski definition) is 3. The summed E-state index contributed by atoms with van der Waals surface area (Å²) in [6, 6.07) is 15.4. The fourth-order valence-corrected chi connectivity index (χ4v) is 4.10. The normalized spacial score (nSPS) is 14.8. The highest BCUT2D eigenvalue weighted by Gasteiger charge is 2.21. The minimum absolute atomic E-state index is 0.148. The van der Waals surface area contributed by atoms with Gasteiger partial charge in [0.25, 0.3) is 0 Å². The Morgan fingerprint density at radius 1 is 1.10 bits per heavy atom. The monoisotopic (exact) mass is 411 g/mol. The molecule has 0 aliphatic heterocycles. The highest BCUT2D eigenvalue weighted by atomic mass is 35.5. The van der Waals surface area contributed by atoms with Crippen LogP contribution in [0.25, 0.3) is 11.0 Å². The lowest BCUT2D eigenvalue weighted by molar-refractivity contribution is -0.126. The molecule has 1 aliphatic carbocycles. The summed E-state index contributed by atoms with van der Waals surface area (Å²) in [5.41, 5.74) is 1.98. The van der Waals surface area contributed by atoms with Crippen molar-refractivity contribution in [2.75, 3.05) is 6.61 Å². The maximum Gasteiger partial charge on any atom is 0.223 e. The first kappa shape index (κ1) is 19.8. The van der Waals surface area contributed by atoms with E-state index < -0.39 is 0 Å². The van der Waals surface area contributed by atoms with Gasteiger partial charge in [-0.2, -0.15) is 0 Å². The van der Waals surface area contributed by atoms with Crippen LogP contribution in [0.3, 0.4) is 0 Å². The van der Waals surface area contributed by atoms with E-state index in [-0.39, 0.29) is 11.8 Å². The third kappa shape index (κ3) is 4.91. The van der Waals surface area contributed by atoms with Crippen LogP contribution in [-0.4, -0.2) is 22.1 Å². The number of ether oxygens (including phenoxy) is 1. The second-order valence-corrected chi connectivity index (χ2v) is 7.96. The van der Waals surface area contributed by atoms with E-state index >= 15 is 0 Å². The summed E-state index contributed by atoms with van der Waals surface area (Å²) in [6.07, 6.45) is 5.54. The zero-order valence-electron chi connectivity index (χ0n) is 16.4. The van der Waals surface area contributed by atoms with Gasteiger partial charge in [0.1, 0.15) is 18.2 Å². The van der Waals surface area contributed by atoms with Crippen molar-refractivity contribution in [1.29, 1.82) is 0 Å². The Hall–Kier alpha value is -2.53. The van der Waals surface area contributed by atoms with Crippen LogP contribution in [0.5, 0.6) is 5.75 Å². The molecule has 1 heterocycles. The zero-order chi connectivity index (χ0) is 20.1. The number of nitrogens with zero attached hydrogens (tertiary/aromatic N) is 2. The predicted molar refractivity (Wildman–Crippen MR) is 115 cm³/mol. The molecule has 1 fully saturated rings. The smallest absolute Gasteiger partial charge is 0.223 e. The Balaban J connectivity index is 1.43. The van der Waals surface area contributed by atoms with E-state index in [0.717, 1.165) is 48.3 Å². The van der Waals surface area contributed by atoms with Crippen LogP contribution < -0.4 is 10.1 Å². The first-order chi connectivity index (χ1) is 14.2. The number of carbonyl (C=O) groups excluding carboxylic acids is 1. The zero-order valence-corrected chi connectivity index (χ0v) is 17.2. The van der Waals surface area contributed by atoms with Crippen molar-refractivity contribution in [2.24, 2.45) is 5.92 Å². The van der Waals surface area contributed by atoms with Gasteiger partial charge in [-0.1, -0.05) is 43.0 Å². The van der Waals surface area contributed by atoms with Crippen LogP contribution >= 0.6 is 11.6 Å². The van der Waals surface area contributed by atoms with Crippen LogP contribution in [0.4, 0.5) is 0 Å². The van der Waals surface area contributed by atoms with E-state index in [1.165, 1.54) is 6.42 Å². The van der Waals surface area contributed by atoms with E-state index in [0.29, 0.717) is 24.7 Å². The maximum absolute atomic E-state index is 12.5. The minimum atomic E-state index is 0.148. The van der Waals surface area contributed by atoms with Gasteiger partial charge in [-0.05, 0) is 49.2 Å². The number of aromatic nitrogens is 2. The number of carbonyl (C=O) groups is 1. The molecule has 4 rings (SSSR count). The second kappa shape index (κ2) is 9.31. The highest BCUT2D eigenvalue weighted by molar-refractivity contribution is 6.30. The van der Waals surface area contributed by atoms with E-state index in [1.54, 1.807) is 0 Å². The Bertz CT molecular complexity index is 962. The standard InChI is InChI=1S/C23H26ClN3O2/c24-18-10-12-19(13-11-18)29-15-14-27-21-9-5-4-8-20(21)26-22(27)16-25-23(28)17-6-2-1-3-7-17/h4-5,8-13,17H,1-3,6-7,14-16H2,(H,25,28). The molecule has 5 nitrogen and oxygen atoms in total. The number of rotatable bonds is 7. The molecule has 0 spiro atoms. The summed E-state index contributed by atoms with van der Waals surface area (Å²) < 4.78 is 8.00. The van der Waals surface area contributed by atoms with Gasteiger partial charge in [-0.3, -0.25) is 4.79 Å². The van der Waals surface area contributed by atoms with Crippen molar-refractivity contribution in [3.05, 3.63) is 59.4 Å². The summed E-state index contributed by atoms with van der Waals surface area (Å²) in [5.74, 6) is 1.94. The van der Waals surface area contributed by atoms with E-state index in [1.807, 2.05) is 42.5 Å². The predicted octanol–water partition coefficient (Wildman–Crippen LogP) is 4.97. The van der Waals surface area contributed by atoms with Crippen LogP contribution in [-0.2, 0) is 17.9 Å². The van der Waals surface area contributed by atoms with Gasteiger partial charge >= 0.3 is 0 Å². The van der Waals surface area contributed by atoms with Gasteiger partial charge < -0.3 is 14.6 Å². The molecule has 1 N–H and O–H groups in total. The van der Waals surface area contributed by atoms with Crippen molar-refractivity contribution in [1.82, 2.24) is 14.9 Å². The Kier molecular flexibility index (Phi) is 6.35. The number of imidazole rings is 1. The van der Waals surface area contributed by atoms with Crippen molar-refractivity contribution < 1.29 is 9.53 Å². The Morgan fingerprint density at radius 3 is 2.66 bits per heavy atom. The number of para-hydroxylation sites is 2. The molecule has 6 heteroatoms. The van der Waals surface area contributed by atoms with Crippen molar-refractivity contribution in [2.45, 2.75) is 45.2 Å². The second-order valence-electron chi connectivity index (χ2n) is 7.52. The molecular formula is C23H26ClN3O2. The fraction of sp³-hybridized carbons (Fsp3) is 0.391. The van der Waals surface area contributed by atoms with E-state index in [2.05, 4.69) is 16.0 Å². The van der Waals surface area contributed by atoms with Crippen molar-refractivity contribution in [3.8, 4) is 5.75 Å². The lowest BCUT2D eigenvalue weighted by Gasteiger charge is -2.20. The number of amides is 1. The number of fused-ring (bicyclic) bond motifs is 1. The van der Waals surface area contributed by atoms with Crippen LogP contribution in [0.1, 0.15) is 37.9 Å². The average molecular weight is 412 g/mol. The summed E-state index contributed by atoms with van der Waals surface area (Å²) in [4.78, 5) is 17.3. The molecule has 1 amide bonds. The number of benzene rings is 2. The highest BCUT2D eigenvalue weighted by Crippen LogP contribution is 2.24. The van der Waals surface area contributed by atoms with Gasteiger partial charge in [0.2, 0.25) is 5.91 Å². The molecule has 0 unspecified atom stereocenters. The summed E-state index contributed by atoms with van der Waals surface area (Å²) in [5, 5.41) is 3.80. The molecule has 1 saturated carbocycles. The van der Waals surface area contributed by atoms with Crippen LogP contribution in [0.15, 0.2) is 48.5 Å². The largest absolute Gasteiger partial charge is 0.492 e. The molecule has 0 saturated heterocycles. The van der Waals surface area contributed by atoms with E-state index in [4.69, 9.17) is 21.3 Å².